The van der Waals surface area contributed by atoms with Gasteiger partial charge in [0.1, 0.15) is 11.6 Å². The Balaban J connectivity index is 1.38. The first-order chi connectivity index (χ1) is 13.1. The minimum Gasteiger partial charge on any atom is -0.497 e. The van der Waals surface area contributed by atoms with E-state index in [9.17, 15) is 4.79 Å². The predicted molar refractivity (Wildman–Crippen MR) is 104 cm³/mol. The molecule has 7 nitrogen and oxygen atoms in total. The monoisotopic (exact) mass is 365 g/mol. The number of hydrogen-bond acceptors (Lipinski definition) is 5. The van der Waals surface area contributed by atoms with Gasteiger partial charge in [0.2, 0.25) is 0 Å². The summed E-state index contributed by atoms with van der Waals surface area (Å²) in [7, 11) is 3.47. The number of benzene rings is 1. The number of methoxy groups -OCH3 is 1. The van der Waals surface area contributed by atoms with Crippen molar-refractivity contribution in [1.82, 2.24) is 20.1 Å². The van der Waals surface area contributed by atoms with E-state index >= 15 is 0 Å². The van der Waals surface area contributed by atoms with E-state index in [4.69, 9.17) is 9.72 Å². The van der Waals surface area contributed by atoms with E-state index in [2.05, 4.69) is 27.4 Å². The zero-order chi connectivity index (χ0) is 18.8. The van der Waals surface area contributed by atoms with E-state index in [1.165, 1.54) is 0 Å². The molecule has 1 aromatic carbocycles. The predicted octanol–water partition coefficient (Wildman–Crippen LogP) is 2.38. The topological polar surface area (TPSA) is 72.3 Å². The number of piperidine rings is 1. The van der Waals surface area contributed by atoms with E-state index < -0.39 is 0 Å². The number of aryl methyl sites for hydroxylation is 1. The average Bonchev–Trinajstić information content (AvgIpc) is 3.14. The van der Waals surface area contributed by atoms with Crippen molar-refractivity contribution in [3.8, 4) is 5.75 Å². The summed E-state index contributed by atoms with van der Waals surface area (Å²) < 4.78 is 6.91. The van der Waals surface area contributed by atoms with Gasteiger partial charge in [0, 0.05) is 37.8 Å². The van der Waals surface area contributed by atoms with Crippen LogP contribution in [-0.2, 0) is 7.05 Å². The third-order valence-electron chi connectivity index (χ3n) is 5.00. The zero-order valence-electron chi connectivity index (χ0n) is 15.6. The maximum atomic E-state index is 12.3. The second-order valence-electron chi connectivity index (χ2n) is 6.87. The van der Waals surface area contributed by atoms with Gasteiger partial charge in [0.05, 0.1) is 24.4 Å². The molecule has 7 heteroatoms. The van der Waals surface area contributed by atoms with Crippen molar-refractivity contribution in [3.05, 3.63) is 48.3 Å². The van der Waals surface area contributed by atoms with Crippen LogP contribution in [0.3, 0.4) is 0 Å². The van der Waals surface area contributed by atoms with E-state index in [1.54, 1.807) is 24.2 Å². The first-order valence-electron chi connectivity index (χ1n) is 9.11. The molecule has 3 heterocycles. The van der Waals surface area contributed by atoms with Crippen LogP contribution >= 0.6 is 0 Å². The quantitative estimate of drug-likeness (QED) is 0.769. The lowest BCUT2D eigenvalue weighted by Crippen LogP contribution is -2.44. The second kappa shape index (κ2) is 7.26. The van der Waals surface area contributed by atoms with Crippen LogP contribution in [0.2, 0.25) is 0 Å². The highest BCUT2D eigenvalue weighted by Crippen LogP contribution is 2.24. The van der Waals surface area contributed by atoms with Crippen LogP contribution in [0.4, 0.5) is 5.82 Å². The third-order valence-corrected chi connectivity index (χ3v) is 5.00. The average molecular weight is 365 g/mol. The van der Waals surface area contributed by atoms with Crippen molar-refractivity contribution in [2.24, 2.45) is 7.05 Å². The highest BCUT2D eigenvalue weighted by molar-refractivity contribution is 5.93. The number of amides is 1. The summed E-state index contributed by atoms with van der Waals surface area (Å²) in [5.74, 6) is 1.76. The normalized spacial score (nSPS) is 15.1. The van der Waals surface area contributed by atoms with Gasteiger partial charge in [-0.2, -0.15) is 5.10 Å². The SMILES string of the molecule is COc1ccc2nc(N3CCC(NC(=O)c4cnn(C)c4)CC3)ccc2c1. The lowest BCUT2D eigenvalue weighted by atomic mass is 10.0. The fourth-order valence-electron chi connectivity index (χ4n) is 3.46. The third kappa shape index (κ3) is 3.72. The van der Waals surface area contributed by atoms with Gasteiger partial charge in [-0.3, -0.25) is 9.48 Å². The number of carbonyl (C=O) groups excluding carboxylic acids is 1. The van der Waals surface area contributed by atoms with Crippen LogP contribution in [0.15, 0.2) is 42.7 Å². The number of ether oxygens (including phenoxy) is 1. The van der Waals surface area contributed by atoms with Crippen LogP contribution in [-0.4, -0.2) is 46.9 Å². The first kappa shape index (κ1) is 17.3. The molecule has 1 saturated heterocycles. The van der Waals surface area contributed by atoms with Crippen molar-refractivity contribution in [2.75, 3.05) is 25.1 Å². The molecule has 1 fully saturated rings. The summed E-state index contributed by atoms with van der Waals surface area (Å²) in [6, 6.07) is 10.2. The van der Waals surface area contributed by atoms with Gasteiger partial charge in [-0.1, -0.05) is 0 Å². The largest absolute Gasteiger partial charge is 0.497 e. The Morgan fingerprint density at radius 1 is 1.22 bits per heavy atom. The molecule has 1 aliphatic heterocycles. The van der Waals surface area contributed by atoms with E-state index in [-0.39, 0.29) is 11.9 Å². The Bertz CT molecular complexity index is 960. The van der Waals surface area contributed by atoms with Gasteiger partial charge in [-0.15, -0.1) is 0 Å². The highest BCUT2D eigenvalue weighted by atomic mass is 16.5. The van der Waals surface area contributed by atoms with Crippen LogP contribution in [0, 0.1) is 0 Å². The fourth-order valence-corrected chi connectivity index (χ4v) is 3.46. The molecule has 0 unspecified atom stereocenters. The van der Waals surface area contributed by atoms with Crippen molar-refractivity contribution in [1.29, 1.82) is 0 Å². The van der Waals surface area contributed by atoms with E-state index in [1.807, 2.05) is 25.2 Å². The van der Waals surface area contributed by atoms with Crippen LogP contribution in [0.1, 0.15) is 23.2 Å². The Labute approximate surface area is 157 Å². The number of aromatic nitrogens is 3. The second-order valence-corrected chi connectivity index (χ2v) is 6.87. The summed E-state index contributed by atoms with van der Waals surface area (Å²) in [5.41, 5.74) is 1.56. The lowest BCUT2D eigenvalue weighted by molar-refractivity contribution is 0.0931. The molecule has 2 aromatic heterocycles. The summed E-state index contributed by atoms with van der Waals surface area (Å²) >= 11 is 0. The first-order valence-corrected chi connectivity index (χ1v) is 9.11. The standard InChI is InChI=1S/C20H23N5O2/c1-24-13-15(12-21-24)20(26)22-16-7-9-25(10-8-16)19-6-3-14-11-17(27-2)4-5-18(14)23-19/h3-6,11-13,16H,7-10H2,1-2H3,(H,22,26). The van der Waals surface area contributed by atoms with Crippen LogP contribution in [0.5, 0.6) is 5.75 Å². The minimum absolute atomic E-state index is 0.0562. The molecule has 0 aliphatic carbocycles. The number of rotatable bonds is 4. The van der Waals surface area contributed by atoms with Crippen molar-refractivity contribution < 1.29 is 9.53 Å². The molecule has 140 valence electrons. The van der Waals surface area contributed by atoms with Gasteiger partial charge in [0.15, 0.2) is 0 Å². The molecule has 1 N–H and O–H groups in total. The smallest absolute Gasteiger partial charge is 0.254 e. The number of anilines is 1. The van der Waals surface area contributed by atoms with E-state index in [0.29, 0.717) is 5.56 Å². The fraction of sp³-hybridized carbons (Fsp3) is 0.350. The number of nitrogens with one attached hydrogen (secondary N) is 1. The summed E-state index contributed by atoms with van der Waals surface area (Å²) in [5, 5.41) is 8.23. The summed E-state index contributed by atoms with van der Waals surface area (Å²) in [6.45, 7) is 1.74. The van der Waals surface area contributed by atoms with Gasteiger partial charge in [0.25, 0.3) is 5.91 Å². The van der Waals surface area contributed by atoms with Crippen LogP contribution < -0.4 is 15.0 Å². The van der Waals surface area contributed by atoms with Crippen molar-refractivity contribution in [2.45, 2.75) is 18.9 Å². The number of nitrogens with zero attached hydrogens (tertiary/aromatic N) is 4. The molecular formula is C20H23N5O2. The number of hydrogen-bond donors (Lipinski definition) is 1. The maximum Gasteiger partial charge on any atom is 0.254 e. The van der Waals surface area contributed by atoms with Gasteiger partial charge >= 0.3 is 0 Å². The van der Waals surface area contributed by atoms with Gasteiger partial charge in [-0.05, 0) is 43.2 Å². The molecule has 27 heavy (non-hydrogen) atoms. The summed E-state index contributed by atoms with van der Waals surface area (Å²) in [6.07, 6.45) is 5.12. The Morgan fingerprint density at radius 2 is 2.04 bits per heavy atom. The number of carbonyl (C=O) groups is 1. The Morgan fingerprint density at radius 3 is 2.74 bits per heavy atom. The van der Waals surface area contributed by atoms with Crippen molar-refractivity contribution >= 4 is 22.6 Å². The van der Waals surface area contributed by atoms with Gasteiger partial charge in [-0.25, -0.2) is 4.98 Å². The molecule has 3 aromatic rings. The zero-order valence-corrected chi connectivity index (χ0v) is 15.6. The van der Waals surface area contributed by atoms with Gasteiger partial charge < -0.3 is 15.0 Å². The Kier molecular flexibility index (Phi) is 4.66. The maximum absolute atomic E-state index is 12.3. The molecular weight excluding hydrogens is 342 g/mol. The lowest BCUT2D eigenvalue weighted by Gasteiger charge is -2.33. The molecule has 0 saturated carbocycles. The van der Waals surface area contributed by atoms with E-state index in [0.717, 1.165) is 48.4 Å². The number of pyridine rings is 1. The molecule has 0 radical (unpaired) electrons. The molecule has 0 bridgehead atoms. The molecule has 0 atom stereocenters. The molecule has 0 spiro atoms. The minimum atomic E-state index is -0.0562. The highest BCUT2D eigenvalue weighted by Gasteiger charge is 2.22. The summed E-state index contributed by atoms with van der Waals surface area (Å²) in [4.78, 5) is 19.3. The molecule has 1 amide bonds. The number of fused-ring (bicyclic) bond motifs is 1. The molecule has 4 rings (SSSR count). The Hall–Kier alpha value is -3.09. The van der Waals surface area contributed by atoms with Crippen molar-refractivity contribution in [3.63, 3.8) is 0 Å². The van der Waals surface area contributed by atoms with Crippen LogP contribution in [0.25, 0.3) is 10.9 Å². The molecule has 1 aliphatic rings.